The van der Waals surface area contributed by atoms with E-state index in [-0.39, 0.29) is 24.9 Å². The molecule has 0 aliphatic carbocycles. The molecule has 0 spiro atoms. The number of benzene rings is 2. The van der Waals surface area contributed by atoms with E-state index in [0.29, 0.717) is 23.4 Å². The Balaban J connectivity index is 0.00000392. The maximum absolute atomic E-state index is 12.2. The minimum atomic E-state index is -0.742. The van der Waals surface area contributed by atoms with Crippen LogP contribution in [0.15, 0.2) is 48.5 Å². The molecule has 1 atom stereocenters. The molecule has 0 heterocycles. The van der Waals surface area contributed by atoms with Gasteiger partial charge in [0.1, 0.15) is 6.04 Å². The van der Waals surface area contributed by atoms with Gasteiger partial charge >= 0.3 is 5.97 Å². The summed E-state index contributed by atoms with van der Waals surface area (Å²) in [6.07, 6.45) is 0. The number of hydrogen-bond acceptors (Lipinski definition) is 5. The first-order valence-corrected chi connectivity index (χ1v) is 8.62. The lowest BCUT2D eigenvalue weighted by Gasteiger charge is -2.13. The number of amides is 2. The minimum absolute atomic E-state index is 0. The van der Waals surface area contributed by atoms with Gasteiger partial charge in [0.15, 0.2) is 0 Å². The number of ether oxygens (including phenoxy) is 1. The van der Waals surface area contributed by atoms with Crippen LogP contribution in [0.25, 0.3) is 0 Å². The van der Waals surface area contributed by atoms with Gasteiger partial charge in [-0.1, -0.05) is 12.1 Å². The SMILES string of the molecule is CCOC(=O)C(C)NC(=O)c1ccc(NC(=O)c2ccc(CN)cc2)cc1.Cl. The van der Waals surface area contributed by atoms with E-state index in [1.165, 1.54) is 0 Å². The monoisotopic (exact) mass is 405 g/mol. The third-order valence-corrected chi connectivity index (χ3v) is 3.84. The number of anilines is 1. The third-order valence-electron chi connectivity index (χ3n) is 3.84. The average molecular weight is 406 g/mol. The molecule has 0 radical (unpaired) electrons. The van der Waals surface area contributed by atoms with Crippen molar-refractivity contribution >= 4 is 35.9 Å². The zero-order valence-corrected chi connectivity index (χ0v) is 16.5. The summed E-state index contributed by atoms with van der Waals surface area (Å²) >= 11 is 0. The highest BCUT2D eigenvalue weighted by molar-refractivity contribution is 6.04. The van der Waals surface area contributed by atoms with Crippen LogP contribution < -0.4 is 16.4 Å². The Hall–Kier alpha value is -2.90. The second-order valence-corrected chi connectivity index (χ2v) is 5.88. The zero-order chi connectivity index (χ0) is 19.8. The molecular formula is C20H24ClN3O4. The number of hydrogen-bond donors (Lipinski definition) is 3. The van der Waals surface area contributed by atoms with Crippen molar-refractivity contribution in [2.45, 2.75) is 26.4 Å². The molecule has 150 valence electrons. The smallest absolute Gasteiger partial charge is 0.328 e. The van der Waals surface area contributed by atoms with E-state index >= 15 is 0 Å². The molecule has 0 bridgehead atoms. The highest BCUT2D eigenvalue weighted by atomic mass is 35.5. The van der Waals surface area contributed by atoms with Gasteiger partial charge in [-0.3, -0.25) is 9.59 Å². The van der Waals surface area contributed by atoms with Crippen molar-refractivity contribution in [3.63, 3.8) is 0 Å². The quantitative estimate of drug-likeness (QED) is 0.613. The molecule has 1 unspecified atom stereocenters. The summed E-state index contributed by atoms with van der Waals surface area (Å²) in [7, 11) is 0. The van der Waals surface area contributed by atoms with E-state index in [1.54, 1.807) is 62.4 Å². The van der Waals surface area contributed by atoms with Gasteiger partial charge in [0.05, 0.1) is 6.61 Å². The molecule has 2 rings (SSSR count). The van der Waals surface area contributed by atoms with Gasteiger partial charge in [-0.2, -0.15) is 0 Å². The van der Waals surface area contributed by atoms with E-state index < -0.39 is 17.9 Å². The summed E-state index contributed by atoms with van der Waals surface area (Å²) in [6, 6.07) is 12.6. The molecule has 2 aromatic carbocycles. The van der Waals surface area contributed by atoms with Gasteiger partial charge in [-0.15, -0.1) is 12.4 Å². The van der Waals surface area contributed by atoms with Crippen LogP contribution >= 0.6 is 12.4 Å². The lowest BCUT2D eigenvalue weighted by atomic mass is 10.1. The van der Waals surface area contributed by atoms with Crippen molar-refractivity contribution in [1.82, 2.24) is 5.32 Å². The molecule has 8 heteroatoms. The topological polar surface area (TPSA) is 111 Å². The first-order valence-electron chi connectivity index (χ1n) is 8.62. The average Bonchev–Trinajstić information content (AvgIpc) is 2.68. The van der Waals surface area contributed by atoms with Gasteiger partial charge < -0.3 is 21.1 Å². The lowest BCUT2D eigenvalue weighted by molar-refractivity contribution is -0.144. The van der Waals surface area contributed by atoms with E-state index in [9.17, 15) is 14.4 Å². The maximum Gasteiger partial charge on any atom is 0.328 e. The summed E-state index contributed by atoms with van der Waals surface area (Å²) in [5.74, 6) is -1.15. The van der Waals surface area contributed by atoms with Crippen molar-refractivity contribution in [2.24, 2.45) is 5.73 Å². The maximum atomic E-state index is 12.2. The predicted octanol–water partition coefficient (Wildman–Crippen LogP) is 2.50. The Bertz CT molecular complexity index is 807. The van der Waals surface area contributed by atoms with Crippen LogP contribution in [0.2, 0.25) is 0 Å². The van der Waals surface area contributed by atoms with E-state index in [0.717, 1.165) is 5.56 Å². The van der Waals surface area contributed by atoms with Gasteiger partial charge in [0.2, 0.25) is 0 Å². The second kappa shape index (κ2) is 11.1. The van der Waals surface area contributed by atoms with Gasteiger partial charge in [-0.05, 0) is 55.8 Å². The van der Waals surface area contributed by atoms with Gasteiger partial charge in [0.25, 0.3) is 11.8 Å². The summed E-state index contributed by atoms with van der Waals surface area (Å²) in [5.41, 5.74) is 7.92. The zero-order valence-electron chi connectivity index (χ0n) is 15.7. The number of carbonyl (C=O) groups is 3. The standard InChI is InChI=1S/C20H23N3O4.ClH/c1-3-27-20(26)13(2)22-18(24)16-8-10-17(11-9-16)23-19(25)15-6-4-14(12-21)5-7-15;/h4-11,13H,3,12,21H2,1-2H3,(H,22,24)(H,23,25);1H. The summed E-state index contributed by atoms with van der Waals surface area (Å²) in [5, 5.41) is 5.33. The van der Waals surface area contributed by atoms with Crippen LogP contribution in [-0.2, 0) is 16.1 Å². The third kappa shape index (κ3) is 6.37. The Morgan fingerprint density at radius 3 is 2.04 bits per heavy atom. The van der Waals surface area contributed by atoms with Crippen LogP contribution in [0, 0.1) is 0 Å². The number of rotatable bonds is 7. The predicted molar refractivity (Wildman–Crippen MR) is 110 cm³/mol. The van der Waals surface area contributed by atoms with Crippen molar-refractivity contribution in [3.8, 4) is 0 Å². The van der Waals surface area contributed by atoms with Crippen molar-refractivity contribution in [3.05, 3.63) is 65.2 Å². The van der Waals surface area contributed by atoms with E-state index in [2.05, 4.69) is 10.6 Å². The molecule has 0 fully saturated rings. The van der Waals surface area contributed by atoms with E-state index in [4.69, 9.17) is 10.5 Å². The fourth-order valence-corrected chi connectivity index (χ4v) is 2.31. The van der Waals surface area contributed by atoms with Gasteiger partial charge in [0, 0.05) is 23.4 Å². The largest absolute Gasteiger partial charge is 0.464 e. The molecule has 0 aliphatic heterocycles. The number of nitrogens with two attached hydrogens (primary N) is 1. The highest BCUT2D eigenvalue weighted by Gasteiger charge is 2.17. The minimum Gasteiger partial charge on any atom is -0.464 e. The summed E-state index contributed by atoms with van der Waals surface area (Å²) in [4.78, 5) is 36.0. The number of nitrogens with one attached hydrogen (secondary N) is 2. The van der Waals surface area contributed by atoms with Crippen molar-refractivity contribution in [2.75, 3.05) is 11.9 Å². The van der Waals surface area contributed by atoms with Crippen LogP contribution in [-0.4, -0.2) is 30.4 Å². The Kier molecular flexibility index (Phi) is 9.14. The fraction of sp³-hybridized carbons (Fsp3) is 0.250. The Morgan fingerprint density at radius 2 is 1.50 bits per heavy atom. The van der Waals surface area contributed by atoms with Crippen molar-refractivity contribution < 1.29 is 19.1 Å². The van der Waals surface area contributed by atoms with E-state index in [1.807, 2.05) is 0 Å². The molecule has 4 N–H and O–H groups in total. The lowest BCUT2D eigenvalue weighted by Crippen LogP contribution is -2.39. The summed E-state index contributed by atoms with van der Waals surface area (Å²) < 4.78 is 4.85. The van der Waals surface area contributed by atoms with Gasteiger partial charge in [-0.25, -0.2) is 4.79 Å². The molecule has 7 nitrogen and oxygen atoms in total. The molecule has 0 aromatic heterocycles. The number of carbonyl (C=O) groups excluding carboxylic acids is 3. The van der Waals surface area contributed by atoms with Crippen LogP contribution in [0.5, 0.6) is 0 Å². The molecule has 2 aromatic rings. The highest BCUT2D eigenvalue weighted by Crippen LogP contribution is 2.12. The molecule has 0 saturated carbocycles. The molecule has 0 aliphatic rings. The molecule has 2 amide bonds. The number of halogens is 1. The number of esters is 1. The van der Waals surface area contributed by atoms with Crippen LogP contribution in [0.3, 0.4) is 0 Å². The summed E-state index contributed by atoms with van der Waals surface area (Å²) in [6.45, 7) is 3.93. The Labute approximate surface area is 170 Å². The fourth-order valence-electron chi connectivity index (χ4n) is 2.31. The first kappa shape index (κ1) is 23.1. The van der Waals surface area contributed by atoms with Crippen LogP contribution in [0.1, 0.15) is 40.1 Å². The molecule has 28 heavy (non-hydrogen) atoms. The molecular weight excluding hydrogens is 382 g/mol. The molecule has 0 saturated heterocycles. The van der Waals surface area contributed by atoms with Crippen LogP contribution in [0.4, 0.5) is 5.69 Å². The second-order valence-electron chi connectivity index (χ2n) is 5.88. The Morgan fingerprint density at radius 1 is 0.964 bits per heavy atom. The first-order chi connectivity index (χ1) is 12.9. The van der Waals surface area contributed by atoms with Crippen molar-refractivity contribution in [1.29, 1.82) is 0 Å². The normalized spacial score (nSPS) is 11.0.